The van der Waals surface area contributed by atoms with Crippen LogP contribution in [0.25, 0.3) is 0 Å². The highest BCUT2D eigenvalue weighted by atomic mass is 19.1. The third-order valence-corrected chi connectivity index (χ3v) is 1.50. The lowest BCUT2D eigenvalue weighted by Crippen LogP contribution is -2.20. The minimum Gasteiger partial charge on any atom is -0.484 e. The topological polar surface area (TPSA) is 95.5 Å². The molecule has 0 fully saturated rings. The molecule has 6 nitrogen and oxygen atoms in total. The zero-order valence-corrected chi connectivity index (χ0v) is 7.47. The largest absolute Gasteiger partial charge is 0.484 e. The normalized spacial score (nSPS) is 9.67. The maximum atomic E-state index is 13.0. The zero-order chi connectivity index (χ0) is 11.4. The summed E-state index contributed by atoms with van der Waals surface area (Å²) in [7, 11) is 0. The van der Waals surface area contributed by atoms with Gasteiger partial charge in [-0.15, -0.1) is 0 Å². The van der Waals surface area contributed by atoms with Crippen molar-refractivity contribution in [2.24, 2.45) is 5.73 Å². The number of nitrogens with zero attached hydrogens (tertiary/aromatic N) is 1. The Labute approximate surface area is 83.6 Å². The maximum Gasteiger partial charge on any atom is 0.305 e. The first-order valence-electron chi connectivity index (χ1n) is 3.85. The van der Waals surface area contributed by atoms with Crippen molar-refractivity contribution in [2.75, 3.05) is 6.61 Å². The lowest BCUT2D eigenvalue weighted by Gasteiger charge is -2.02. The van der Waals surface area contributed by atoms with Crippen LogP contribution < -0.4 is 10.5 Å². The van der Waals surface area contributed by atoms with Gasteiger partial charge in [0.25, 0.3) is 5.91 Å². The lowest BCUT2D eigenvalue weighted by molar-refractivity contribution is -0.387. The van der Waals surface area contributed by atoms with Gasteiger partial charge >= 0.3 is 5.69 Å². The Balaban J connectivity index is 2.82. The van der Waals surface area contributed by atoms with E-state index >= 15 is 0 Å². The molecule has 80 valence electrons. The minimum absolute atomic E-state index is 0.0110. The van der Waals surface area contributed by atoms with Crippen LogP contribution in [0.1, 0.15) is 0 Å². The van der Waals surface area contributed by atoms with Crippen molar-refractivity contribution in [3.05, 3.63) is 34.1 Å². The van der Waals surface area contributed by atoms with Crippen LogP contribution in [-0.4, -0.2) is 17.4 Å². The molecule has 1 amide bonds. The van der Waals surface area contributed by atoms with Gasteiger partial charge in [-0.05, 0) is 6.07 Å². The molecule has 0 aliphatic heterocycles. The van der Waals surface area contributed by atoms with Crippen molar-refractivity contribution in [1.82, 2.24) is 0 Å². The molecule has 0 bridgehead atoms. The third kappa shape index (κ3) is 2.90. The quantitative estimate of drug-likeness (QED) is 0.586. The van der Waals surface area contributed by atoms with Crippen molar-refractivity contribution in [2.45, 2.75) is 0 Å². The average Bonchev–Trinajstić information content (AvgIpc) is 2.14. The van der Waals surface area contributed by atoms with Crippen molar-refractivity contribution in [3.63, 3.8) is 0 Å². The van der Waals surface area contributed by atoms with Gasteiger partial charge in [0.15, 0.2) is 6.61 Å². The second-order valence-electron chi connectivity index (χ2n) is 2.63. The second kappa shape index (κ2) is 4.36. The molecule has 0 radical (unpaired) electrons. The molecule has 0 unspecified atom stereocenters. The van der Waals surface area contributed by atoms with Crippen LogP contribution in [0.3, 0.4) is 0 Å². The van der Waals surface area contributed by atoms with Gasteiger partial charge in [0.1, 0.15) is 5.75 Å². The standard InChI is InChI=1S/C8H7FN2O4/c9-6-3-5(15-4-8(10)12)1-2-7(6)11(13)14/h1-3H,4H2,(H2,10,12). The molecule has 0 saturated heterocycles. The summed E-state index contributed by atoms with van der Waals surface area (Å²) in [4.78, 5) is 19.7. The molecule has 0 aliphatic rings. The zero-order valence-electron chi connectivity index (χ0n) is 7.47. The number of carbonyl (C=O) groups excluding carboxylic acids is 1. The number of halogens is 1. The Kier molecular flexibility index (Phi) is 3.17. The molecule has 0 saturated carbocycles. The van der Waals surface area contributed by atoms with Crippen LogP contribution in [0.4, 0.5) is 10.1 Å². The van der Waals surface area contributed by atoms with Crippen LogP contribution >= 0.6 is 0 Å². The van der Waals surface area contributed by atoms with Crippen LogP contribution in [0.5, 0.6) is 5.75 Å². The molecule has 0 atom stereocenters. The number of rotatable bonds is 4. The highest BCUT2D eigenvalue weighted by Crippen LogP contribution is 2.22. The molecule has 0 heterocycles. The van der Waals surface area contributed by atoms with Gasteiger partial charge in [-0.3, -0.25) is 14.9 Å². The number of ether oxygens (including phenoxy) is 1. The van der Waals surface area contributed by atoms with Gasteiger partial charge in [-0.25, -0.2) is 0 Å². The Hall–Kier alpha value is -2.18. The number of hydrogen-bond donors (Lipinski definition) is 1. The summed E-state index contributed by atoms with van der Waals surface area (Å²) in [6.45, 7) is -0.406. The predicted molar refractivity (Wildman–Crippen MR) is 47.7 cm³/mol. The summed E-state index contributed by atoms with van der Waals surface area (Å²) in [5.41, 5.74) is 4.14. The molecule has 1 rings (SSSR count). The highest BCUT2D eigenvalue weighted by molar-refractivity contribution is 5.75. The molecular weight excluding hydrogens is 207 g/mol. The smallest absolute Gasteiger partial charge is 0.305 e. The Bertz CT molecular complexity index is 408. The van der Waals surface area contributed by atoms with E-state index in [0.717, 1.165) is 12.1 Å². The number of nitrogens with two attached hydrogens (primary N) is 1. The van der Waals surface area contributed by atoms with Crippen LogP contribution in [0, 0.1) is 15.9 Å². The van der Waals surface area contributed by atoms with E-state index in [0.29, 0.717) is 0 Å². The summed E-state index contributed by atoms with van der Waals surface area (Å²) < 4.78 is 17.7. The van der Waals surface area contributed by atoms with Gasteiger partial charge < -0.3 is 10.5 Å². The molecule has 0 spiro atoms. The number of primary amides is 1. The molecule has 7 heteroatoms. The van der Waals surface area contributed by atoms with Crippen molar-refractivity contribution in [3.8, 4) is 5.75 Å². The van der Waals surface area contributed by atoms with Crippen LogP contribution in [0.2, 0.25) is 0 Å². The summed E-state index contributed by atoms with van der Waals surface area (Å²) in [6, 6.07) is 2.96. The van der Waals surface area contributed by atoms with E-state index in [2.05, 4.69) is 0 Å². The van der Waals surface area contributed by atoms with E-state index in [4.69, 9.17) is 10.5 Å². The molecule has 0 aromatic heterocycles. The lowest BCUT2D eigenvalue weighted by atomic mass is 10.3. The summed E-state index contributed by atoms with van der Waals surface area (Å²) >= 11 is 0. The molecule has 15 heavy (non-hydrogen) atoms. The van der Waals surface area contributed by atoms with Crippen LogP contribution in [-0.2, 0) is 4.79 Å². The van der Waals surface area contributed by atoms with Gasteiger partial charge in [0, 0.05) is 12.1 Å². The number of nitro groups is 1. The average molecular weight is 214 g/mol. The second-order valence-corrected chi connectivity index (χ2v) is 2.63. The fraction of sp³-hybridized carbons (Fsp3) is 0.125. The monoisotopic (exact) mass is 214 g/mol. The fourth-order valence-corrected chi connectivity index (χ4v) is 0.880. The SMILES string of the molecule is NC(=O)COc1ccc([N+](=O)[O-])c(F)c1. The number of benzene rings is 1. The van der Waals surface area contributed by atoms with E-state index < -0.39 is 28.9 Å². The Morgan fingerprint density at radius 2 is 2.27 bits per heavy atom. The molecule has 0 aliphatic carbocycles. The van der Waals surface area contributed by atoms with E-state index in [1.165, 1.54) is 6.07 Å². The number of carbonyl (C=O) groups is 1. The predicted octanol–water partition coefficient (Wildman–Crippen LogP) is 0.598. The first-order chi connectivity index (χ1) is 7.00. The fourth-order valence-electron chi connectivity index (χ4n) is 0.880. The first kappa shape index (κ1) is 10.9. The van der Waals surface area contributed by atoms with Crippen molar-refractivity contribution in [1.29, 1.82) is 0 Å². The van der Waals surface area contributed by atoms with Gasteiger partial charge in [-0.1, -0.05) is 0 Å². The Morgan fingerprint density at radius 3 is 2.73 bits per heavy atom. The first-order valence-corrected chi connectivity index (χ1v) is 3.85. The van der Waals surface area contributed by atoms with Crippen molar-refractivity contribution >= 4 is 11.6 Å². The van der Waals surface area contributed by atoms with E-state index in [9.17, 15) is 19.3 Å². The van der Waals surface area contributed by atoms with E-state index in [1.54, 1.807) is 0 Å². The van der Waals surface area contributed by atoms with E-state index in [1.807, 2.05) is 0 Å². The number of amides is 1. The Morgan fingerprint density at radius 1 is 1.60 bits per heavy atom. The number of hydrogen-bond acceptors (Lipinski definition) is 4. The number of nitro benzene ring substituents is 1. The summed E-state index contributed by atoms with van der Waals surface area (Å²) in [6.07, 6.45) is 0. The maximum absolute atomic E-state index is 13.0. The van der Waals surface area contributed by atoms with Gasteiger partial charge in [-0.2, -0.15) is 4.39 Å². The highest BCUT2D eigenvalue weighted by Gasteiger charge is 2.14. The van der Waals surface area contributed by atoms with Gasteiger partial charge in [0.05, 0.1) is 4.92 Å². The molecule has 1 aromatic rings. The minimum atomic E-state index is -1.03. The molecular formula is C8H7FN2O4. The summed E-state index contributed by atoms with van der Waals surface area (Å²) in [5.74, 6) is -1.73. The van der Waals surface area contributed by atoms with Crippen LogP contribution in [0.15, 0.2) is 18.2 Å². The van der Waals surface area contributed by atoms with E-state index in [-0.39, 0.29) is 5.75 Å². The van der Waals surface area contributed by atoms with Gasteiger partial charge in [0.2, 0.25) is 5.82 Å². The molecule has 2 N–H and O–H groups in total. The third-order valence-electron chi connectivity index (χ3n) is 1.50. The van der Waals surface area contributed by atoms with Crippen molar-refractivity contribution < 1.29 is 18.8 Å². The molecule has 1 aromatic carbocycles. The summed E-state index contributed by atoms with van der Waals surface area (Å²) in [5, 5.41) is 10.2.